The van der Waals surface area contributed by atoms with E-state index in [0.717, 1.165) is 5.56 Å². The van der Waals surface area contributed by atoms with Crippen LogP contribution in [0, 0.1) is 0 Å². The summed E-state index contributed by atoms with van der Waals surface area (Å²) in [6, 6.07) is 1.29. The molecule has 0 aliphatic carbocycles. The maximum atomic E-state index is 12.6. The summed E-state index contributed by atoms with van der Waals surface area (Å²) in [6.07, 6.45) is 0.509. The lowest BCUT2D eigenvalue weighted by atomic mass is 10.1. The molecule has 0 unspecified atom stereocenters. The summed E-state index contributed by atoms with van der Waals surface area (Å²) in [5, 5.41) is 0. The molecule has 1 aromatic rings. The van der Waals surface area contributed by atoms with Crippen LogP contribution in [0.2, 0.25) is 0 Å². The Labute approximate surface area is 118 Å². The normalized spacial score (nSPS) is 10.7. The number of ether oxygens (including phenoxy) is 2. The van der Waals surface area contributed by atoms with Crippen LogP contribution < -0.4 is 15.2 Å². The van der Waals surface area contributed by atoms with Gasteiger partial charge in [-0.15, -0.1) is 12.4 Å². The monoisotopic (exact) mass is 313 g/mol. The van der Waals surface area contributed by atoms with E-state index in [-0.39, 0.29) is 23.1 Å². The highest BCUT2D eigenvalue weighted by atomic mass is 35.5. The second kappa shape index (κ2) is 7.52. The first kappa shape index (κ1) is 17.9. The van der Waals surface area contributed by atoms with Gasteiger partial charge in [-0.05, 0) is 24.6 Å². The zero-order valence-electron chi connectivity index (χ0n) is 10.7. The van der Waals surface area contributed by atoms with E-state index in [4.69, 9.17) is 15.2 Å². The third-order valence-electron chi connectivity index (χ3n) is 2.46. The lowest BCUT2D eigenvalue weighted by Gasteiger charge is -2.13. The van der Waals surface area contributed by atoms with Gasteiger partial charge in [0.05, 0.1) is 14.2 Å². The van der Waals surface area contributed by atoms with Crippen molar-refractivity contribution in [3.8, 4) is 11.5 Å². The van der Waals surface area contributed by atoms with Crippen molar-refractivity contribution < 1.29 is 22.3 Å². The number of hydrogen-bond donors (Lipinski definition) is 1. The van der Waals surface area contributed by atoms with Crippen LogP contribution in [0.3, 0.4) is 0 Å². The molecule has 19 heavy (non-hydrogen) atoms. The largest absolute Gasteiger partial charge is 0.496 e. The smallest absolute Gasteiger partial charge is 0.211 e. The van der Waals surface area contributed by atoms with Crippen LogP contribution in [0.15, 0.2) is 17.0 Å². The Morgan fingerprint density at radius 2 is 1.79 bits per heavy atom. The lowest BCUT2D eigenvalue weighted by Crippen LogP contribution is -2.09. The molecule has 110 valence electrons. The predicted octanol–water partition coefficient (Wildman–Crippen LogP) is 1.33. The van der Waals surface area contributed by atoms with Crippen molar-refractivity contribution in [2.75, 3.05) is 26.8 Å². The third kappa shape index (κ3) is 3.95. The Balaban J connectivity index is 0.00000324. The van der Waals surface area contributed by atoms with E-state index >= 15 is 0 Å². The fourth-order valence-electron chi connectivity index (χ4n) is 1.59. The van der Waals surface area contributed by atoms with Gasteiger partial charge in [0.1, 0.15) is 16.4 Å². The van der Waals surface area contributed by atoms with Gasteiger partial charge in [-0.25, -0.2) is 12.8 Å². The summed E-state index contributed by atoms with van der Waals surface area (Å²) < 4.78 is 45.8. The van der Waals surface area contributed by atoms with Gasteiger partial charge < -0.3 is 15.2 Å². The first-order chi connectivity index (χ1) is 8.50. The summed E-state index contributed by atoms with van der Waals surface area (Å²) in [4.78, 5) is -0.217. The average Bonchev–Trinajstić information content (AvgIpc) is 2.38. The maximum Gasteiger partial charge on any atom is 0.211 e. The molecule has 0 bridgehead atoms. The molecule has 0 amide bonds. The minimum Gasteiger partial charge on any atom is -0.496 e. The molecule has 0 spiro atoms. The van der Waals surface area contributed by atoms with Crippen molar-refractivity contribution >= 4 is 22.2 Å². The Hall–Kier alpha value is -1.05. The third-order valence-corrected chi connectivity index (χ3v) is 3.74. The molecular weight excluding hydrogens is 297 g/mol. The van der Waals surface area contributed by atoms with Gasteiger partial charge in [0, 0.05) is 6.07 Å². The number of methoxy groups -OCH3 is 2. The second-order valence-corrected chi connectivity index (χ2v) is 5.46. The van der Waals surface area contributed by atoms with Crippen molar-refractivity contribution in [1.29, 1.82) is 0 Å². The van der Waals surface area contributed by atoms with Crippen LogP contribution in [0.1, 0.15) is 5.56 Å². The Kier molecular flexibility index (Phi) is 7.10. The summed E-state index contributed by atoms with van der Waals surface area (Å²) in [7, 11) is -1.27. The lowest BCUT2D eigenvalue weighted by molar-refractivity contribution is 0.388. The molecule has 0 saturated carbocycles. The minimum absolute atomic E-state index is 0. The molecule has 8 heteroatoms. The van der Waals surface area contributed by atoms with Crippen molar-refractivity contribution in [2.24, 2.45) is 5.73 Å². The van der Waals surface area contributed by atoms with Gasteiger partial charge in [0.2, 0.25) is 9.84 Å². The van der Waals surface area contributed by atoms with Crippen molar-refractivity contribution in [2.45, 2.75) is 11.3 Å². The standard InChI is InChI=1S/C11H16FNO4S.ClH/c1-16-9-6-11(18(14,15)7-12)10(17-2)5-8(9)3-4-13;/h5-6H,3-4,7,13H2,1-2H3;1H. The van der Waals surface area contributed by atoms with E-state index in [1.54, 1.807) is 0 Å². The highest BCUT2D eigenvalue weighted by Crippen LogP contribution is 2.33. The molecule has 0 atom stereocenters. The average molecular weight is 314 g/mol. The molecule has 1 aromatic carbocycles. The van der Waals surface area contributed by atoms with Gasteiger partial charge in [0.25, 0.3) is 0 Å². The van der Waals surface area contributed by atoms with Gasteiger partial charge in [-0.2, -0.15) is 0 Å². The van der Waals surface area contributed by atoms with E-state index in [9.17, 15) is 12.8 Å². The molecule has 2 N–H and O–H groups in total. The Bertz CT molecular complexity index is 522. The fourth-order valence-corrected chi connectivity index (χ4v) is 2.44. The van der Waals surface area contributed by atoms with Crippen LogP contribution in [0.4, 0.5) is 4.39 Å². The number of sulfone groups is 1. The predicted molar refractivity (Wildman–Crippen MR) is 72.7 cm³/mol. The van der Waals surface area contributed by atoms with E-state index in [1.807, 2.05) is 0 Å². The van der Waals surface area contributed by atoms with Gasteiger partial charge in [-0.1, -0.05) is 0 Å². The van der Waals surface area contributed by atoms with E-state index in [1.165, 1.54) is 26.4 Å². The van der Waals surface area contributed by atoms with Crippen LogP contribution in [0.5, 0.6) is 11.5 Å². The van der Waals surface area contributed by atoms with E-state index < -0.39 is 15.8 Å². The molecule has 0 aromatic heterocycles. The van der Waals surface area contributed by atoms with Crippen molar-refractivity contribution in [1.82, 2.24) is 0 Å². The quantitative estimate of drug-likeness (QED) is 0.857. The van der Waals surface area contributed by atoms with Crippen LogP contribution in [-0.4, -0.2) is 35.2 Å². The van der Waals surface area contributed by atoms with Gasteiger partial charge in [-0.3, -0.25) is 0 Å². The summed E-state index contributed by atoms with van der Waals surface area (Å²) in [6.45, 7) is 0.384. The summed E-state index contributed by atoms with van der Waals surface area (Å²) in [5.41, 5.74) is 6.17. The SMILES string of the molecule is COc1cc(S(=O)(=O)CF)c(OC)cc1CCN.Cl. The number of halogens is 2. The molecule has 0 heterocycles. The van der Waals surface area contributed by atoms with Crippen LogP contribution in [-0.2, 0) is 16.3 Å². The highest BCUT2D eigenvalue weighted by molar-refractivity contribution is 7.91. The number of benzene rings is 1. The van der Waals surface area contributed by atoms with Crippen LogP contribution in [0.25, 0.3) is 0 Å². The van der Waals surface area contributed by atoms with E-state index in [0.29, 0.717) is 18.7 Å². The number of hydrogen-bond acceptors (Lipinski definition) is 5. The first-order valence-electron chi connectivity index (χ1n) is 5.23. The van der Waals surface area contributed by atoms with Crippen molar-refractivity contribution in [3.63, 3.8) is 0 Å². The number of alkyl halides is 1. The zero-order valence-corrected chi connectivity index (χ0v) is 12.3. The molecule has 0 aliphatic heterocycles. The summed E-state index contributed by atoms with van der Waals surface area (Å²) in [5.74, 6) is 0.449. The van der Waals surface area contributed by atoms with Crippen molar-refractivity contribution in [3.05, 3.63) is 17.7 Å². The Morgan fingerprint density at radius 1 is 1.21 bits per heavy atom. The number of rotatable bonds is 6. The molecule has 0 radical (unpaired) electrons. The molecule has 5 nitrogen and oxygen atoms in total. The Morgan fingerprint density at radius 3 is 2.21 bits per heavy atom. The van der Waals surface area contributed by atoms with E-state index in [2.05, 4.69) is 0 Å². The number of nitrogens with two attached hydrogens (primary N) is 1. The maximum absolute atomic E-state index is 12.6. The second-order valence-electron chi connectivity index (χ2n) is 3.58. The first-order valence-corrected chi connectivity index (χ1v) is 6.89. The molecule has 1 rings (SSSR count). The fraction of sp³-hybridized carbons (Fsp3) is 0.455. The summed E-state index contributed by atoms with van der Waals surface area (Å²) >= 11 is 0. The highest BCUT2D eigenvalue weighted by Gasteiger charge is 2.22. The molecule has 0 saturated heterocycles. The molecular formula is C11H17ClFNO4S. The minimum atomic E-state index is -4.01. The molecule has 0 aliphatic rings. The van der Waals surface area contributed by atoms with Crippen LogP contribution >= 0.6 is 12.4 Å². The topological polar surface area (TPSA) is 78.6 Å². The van der Waals surface area contributed by atoms with Gasteiger partial charge >= 0.3 is 0 Å². The van der Waals surface area contributed by atoms with Gasteiger partial charge in [0.15, 0.2) is 6.01 Å². The zero-order chi connectivity index (χ0) is 13.8. The molecule has 0 fully saturated rings.